The first-order chi connectivity index (χ1) is 13.5. The standard InChI is InChI=1S/C21H11ClO6/c22-15-3-1-2-11-18(15)21(28-20(11)26)13-5-4-10(24)8-17(13)27-19-12(9-23)16(25)7-6-14(19)21/h1-9,24-25H. The maximum Gasteiger partial charge on any atom is 0.340 e. The van der Waals surface area contributed by atoms with Crippen molar-refractivity contribution in [3.05, 3.63) is 81.4 Å². The second-order valence-electron chi connectivity index (χ2n) is 6.51. The smallest absolute Gasteiger partial charge is 0.340 e. The van der Waals surface area contributed by atoms with Gasteiger partial charge in [0.05, 0.1) is 11.1 Å². The van der Waals surface area contributed by atoms with E-state index < -0.39 is 11.6 Å². The SMILES string of the molecule is O=Cc1c(O)ccc2c1Oc1cc(O)ccc1C21OC(=O)c2cccc(Cl)c21. The fourth-order valence-electron chi connectivity index (χ4n) is 3.91. The summed E-state index contributed by atoms with van der Waals surface area (Å²) in [6.07, 6.45) is 0.458. The number of phenols is 2. The van der Waals surface area contributed by atoms with Crippen LogP contribution in [0.25, 0.3) is 0 Å². The molecule has 1 spiro atoms. The lowest BCUT2D eigenvalue weighted by molar-refractivity contribution is 0.0224. The van der Waals surface area contributed by atoms with E-state index in [4.69, 9.17) is 21.1 Å². The molecule has 7 heteroatoms. The van der Waals surface area contributed by atoms with E-state index in [1.807, 2.05) is 0 Å². The Bertz CT molecular complexity index is 1200. The minimum absolute atomic E-state index is 0.0358. The van der Waals surface area contributed by atoms with Gasteiger partial charge in [-0.25, -0.2) is 4.79 Å². The number of phenolic OH excluding ortho intramolecular Hbond substituents is 2. The fraction of sp³-hybridized carbons (Fsp3) is 0.0476. The van der Waals surface area contributed by atoms with Crippen molar-refractivity contribution in [2.75, 3.05) is 0 Å². The van der Waals surface area contributed by atoms with Crippen molar-refractivity contribution in [2.24, 2.45) is 0 Å². The zero-order valence-corrected chi connectivity index (χ0v) is 14.9. The molecule has 1 unspecified atom stereocenters. The first kappa shape index (κ1) is 16.6. The average molecular weight is 395 g/mol. The third-order valence-corrected chi connectivity index (χ3v) is 5.37. The highest BCUT2D eigenvalue weighted by atomic mass is 35.5. The number of ether oxygens (including phenoxy) is 2. The minimum Gasteiger partial charge on any atom is -0.508 e. The zero-order chi connectivity index (χ0) is 19.6. The summed E-state index contributed by atoms with van der Waals surface area (Å²) in [5.74, 6) is -0.717. The molecule has 0 aromatic heterocycles. The quantitative estimate of drug-likeness (QED) is 0.476. The number of halogens is 1. The number of benzene rings is 3. The lowest BCUT2D eigenvalue weighted by atomic mass is 9.77. The van der Waals surface area contributed by atoms with Gasteiger partial charge in [-0.05, 0) is 36.4 Å². The molecule has 0 fully saturated rings. The van der Waals surface area contributed by atoms with Gasteiger partial charge < -0.3 is 19.7 Å². The number of fused-ring (bicyclic) bond motifs is 6. The third kappa shape index (κ3) is 1.92. The maximum absolute atomic E-state index is 12.7. The van der Waals surface area contributed by atoms with Crippen LogP contribution in [-0.2, 0) is 10.3 Å². The molecule has 2 aliphatic rings. The Balaban J connectivity index is 1.97. The number of aldehydes is 1. The molecule has 3 aromatic carbocycles. The molecule has 2 N–H and O–H groups in total. The Morgan fingerprint density at radius 2 is 1.82 bits per heavy atom. The van der Waals surface area contributed by atoms with Crippen molar-refractivity contribution in [3.63, 3.8) is 0 Å². The summed E-state index contributed by atoms with van der Waals surface area (Å²) >= 11 is 6.49. The van der Waals surface area contributed by atoms with Crippen LogP contribution in [0.15, 0.2) is 48.5 Å². The van der Waals surface area contributed by atoms with Gasteiger partial charge in [-0.3, -0.25) is 4.79 Å². The van der Waals surface area contributed by atoms with Crippen molar-refractivity contribution in [1.82, 2.24) is 0 Å². The van der Waals surface area contributed by atoms with E-state index in [-0.39, 0.29) is 28.6 Å². The average Bonchev–Trinajstić information content (AvgIpc) is 2.96. The third-order valence-electron chi connectivity index (χ3n) is 5.06. The van der Waals surface area contributed by atoms with Crippen LogP contribution in [0.1, 0.15) is 37.4 Å². The topological polar surface area (TPSA) is 93.1 Å². The van der Waals surface area contributed by atoms with E-state index in [0.29, 0.717) is 33.6 Å². The van der Waals surface area contributed by atoms with Crippen LogP contribution < -0.4 is 4.74 Å². The first-order valence-electron chi connectivity index (χ1n) is 8.32. The number of carbonyl (C=O) groups excluding carboxylic acids is 2. The van der Waals surface area contributed by atoms with Gasteiger partial charge in [0.2, 0.25) is 0 Å². The van der Waals surface area contributed by atoms with E-state index in [9.17, 15) is 19.8 Å². The number of hydrogen-bond donors (Lipinski definition) is 2. The molecular weight excluding hydrogens is 384 g/mol. The van der Waals surface area contributed by atoms with Gasteiger partial charge >= 0.3 is 5.97 Å². The fourth-order valence-corrected chi connectivity index (χ4v) is 4.22. The van der Waals surface area contributed by atoms with Crippen molar-refractivity contribution in [1.29, 1.82) is 0 Å². The van der Waals surface area contributed by atoms with Gasteiger partial charge in [-0.1, -0.05) is 17.7 Å². The maximum atomic E-state index is 12.7. The highest BCUT2D eigenvalue weighted by Gasteiger charge is 2.55. The summed E-state index contributed by atoms with van der Waals surface area (Å²) in [4.78, 5) is 24.3. The molecule has 0 saturated carbocycles. The highest BCUT2D eigenvalue weighted by Crippen LogP contribution is 2.59. The molecule has 2 aliphatic heterocycles. The van der Waals surface area contributed by atoms with Crippen molar-refractivity contribution >= 4 is 23.9 Å². The molecule has 0 amide bonds. The van der Waals surface area contributed by atoms with Gasteiger partial charge in [0.1, 0.15) is 23.0 Å². The van der Waals surface area contributed by atoms with Gasteiger partial charge in [0.15, 0.2) is 11.9 Å². The van der Waals surface area contributed by atoms with Crippen LogP contribution in [0, 0.1) is 0 Å². The minimum atomic E-state index is -1.48. The van der Waals surface area contributed by atoms with E-state index in [0.717, 1.165) is 0 Å². The Morgan fingerprint density at radius 1 is 1.04 bits per heavy atom. The van der Waals surface area contributed by atoms with Gasteiger partial charge in [-0.2, -0.15) is 0 Å². The summed E-state index contributed by atoms with van der Waals surface area (Å²) in [5.41, 5.74) is -0.0677. The normalized spacial score (nSPS) is 18.7. The van der Waals surface area contributed by atoms with E-state index in [1.165, 1.54) is 24.3 Å². The molecule has 0 radical (unpaired) electrons. The second-order valence-corrected chi connectivity index (χ2v) is 6.92. The molecule has 5 rings (SSSR count). The summed E-state index contributed by atoms with van der Waals surface area (Å²) in [5, 5.41) is 20.3. The van der Waals surface area contributed by atoms with Crippen LogP contribution in [0.3, 0.4) is 0 Å². The number of esters is 1. The molecular formula is C21H11ClO6. The van der Waals surface area contributed by atoms with Crippen molar-refractivity contribution < 1.29 is 29.3 Å². The summed E-state index contributed by atoms with van der Waals surface area (Å²) in [6.45, 7) is 0. The summed E-state index contributed by atoms with van der Waals surface area (Å²) < 4.78 is 11.7. The Morgan fingerprint density at radius 3 is 2.61 bits per heavy atom. The van der Waals surface area contributed by atoms with E-state index >= 15 is 0 Å². The number of carbonyl (C=O) groups is 2. The molecule has 0 saturated heterocycles. The molecule has 28 heavy (non-hydrogen) atoms. The number of aromatic hydroxyl groups is 2. The lowest BCUT2D eigenvalue weighted by Crippen LogP contribution is -2.33. The molecule has 138 valence electrons. The lowest BCUT2D eigenvalue weighted by Gasteiger charge is -2.37. The number of hydrogen-bond acceptors (Lipinski definition) is 6. The van der Waals surface area contributed by atoms with E-state index in [2.05, 4.69) is 0 Å². The van der Waals surface area contributed by atoms with E-state index in [1.54, 1.807) is 24.3 Å². The zero-order valence-electron chi connectivity index (χ0n) is 14.1. The second kappa shape index (κ2) is 5.50. The van der Waals surface area contributed by atoms with Gasteiger partial charge in [0, 0.05) is 27.8 Å². The summed E-state index contributed by atoms with van der Waals surface area (Å²) in [7, 11) is 0. The van der Waals surface area contributed by atoms with Crippen LogP contribution in [-0.4, -0.2) is 22.5 Å². The molecule has 0 aliphatic carbocycles. The van der Waals surface area contributed by atoms with Crippen LogP contribution in [0.2, 0.25) is 5.02 Å². The monoisotopic (exact) mass is 394 g/mol. The highest BCUT2D eigenvalue weighted by molar-refractivity contribution is 6.32. The van der Waals surface area contributed by atoms with Gasteiger partial charge in [-0.15, -0.1) is 0 Å². The predicted octanol–water partition coefficient (Wildman–Crippen LogP) is 4.13. The predicted molar refractivity (Wildman–Crippen MR) is 98.4 cm³/mol. The van der Waals surface area contributed by atoms with Crippen molar-refractivity contribution in [3.8, 4) is 23.0 Å². The molecule has 2 heterocycles. The Labute approximate surface area is 163 Å². The largest absolute Gasteiger partial charge is 0.508 e. The molecule has 3 aromatic rings. The molecule has 1 atom stereocenters. The van der Waals surface area contributed by atoms with Crippen LogP contribution in [0.4, 0.5) is 0 Å². The Hall–Kier alpha value is -3.51. The first-order valence-corrected chi connectivity index (χ1v) is 8.70. The van der Waals surface area contributed by atoms with Crippen LogP contribution >= 0.6 is 11.6 Å². The number of rotatable bonds is 1. The van der Waals surface area contributed by atoms with Crippen molar-refractivity contribution in [2.45, 2.75) is 5.60 Å². The molecule has 6 nitrogen and oxygen atoms in total. The molecule has 0 bridgehead atoms. The Kier molecular flexibility index (Phi) is 3.27. The van der Waals surface area contributed by atoms with Crippen LogP contribution in [0.5, 0.6) is 23.0 Å². The summed E-state index contributed by atoms with van der Waals surface area (Å²) in [6, 6.07) is 12.1. The van der Waals surface area contributed by atoms with Gasteiger partial charge in [0.25, 0.3) is 0 Å².